The van der Waals surface area contributed by atoms with Crippen molar-refractivity contribution in [3.63, 3.8) is 0 Å². The van der Waals surface area contributed by atoms with Crippen molar-refractivity contribution in [3.8, 4) is 0 Å². The van der Waals surface area contributed by atoms with E-state index in [2.05, 4.69) is 15.2 Å². The monoisotopic (exact) mass is 360 g/mol. The maximum absolute atomic E-state index is 12.8. The molecule has 2 atom stereocenters. The summed E-state index contributed by atoms with van der Waals surface area (Å²) in [5, 5.41) is 7.18. The Hall–Kier alpha value is -2.02. The maximum atomic E-state index is 12.8. The molecule has 1 fully saturated rings. The Bertz CT molecular complexity index is 770. The van der Waals surface area contributed by atoms with Gasteiger partial charge in [-0.3, -0.25) is 14.1 Å². The van der Waals surface area contributed by atoms with Gasteiger partial charge in [-0.1, -0.05) is 13.8 Å². The van der Waals surface area contributed by atoms with E-state index in [1.54, 1.807) is 24.3 Å². The van der Waals surface area contributed by atoms with E-state index in [9.17, 15) is 9.00 Å². The third-order valence-corrected chi connectivity index (χ3v) is 6.04. The quantitative estimate of drug-likeness (QED) is 0.909. The van der Waals surface area contributed by atoms with Crippen LogP contribution in [0, 0.1) is 6.92 Å². The lowest BCUT2D eigenvalue weighted by atomic mass is 9.96. The predicted octanol–water partition coefficient (Wildman–Crippen LogP) is 2.65. The van der Waals surface area contributed by atoms with Crippen molar-refractivity contribution in [3.05, 3.63) is 41.5 Å². The Morgan fingerprint density at radius 3 is 2.64 bits per heavy atom. The van der Waals surface area contributed by atoms with E-state index in [4.69, 9.17) is 0 Å². The summed E-state index contributed by atoms with van der Waals surface area (Å²) < 4.78 is 12.1. The molecule has 2 heterocycles. The van der Waals surface area contributed by atoms with E-state index in [-0.39, 0.29) is 17.1 Å². The van der Waals surface area contributed by atoms with Gasteiger partial charge in [0.1, 0.15) is 5.82 Å². The van der Waals surface area contributed by atoms with Gasteiger partial charge in [0.25, 0.3) is 5.91 Å². The largest absolute Gasteiger partial charge is 0.338 e. The smallest absolute Gasteiger partial charge is 0.253 e. The van der Waals surface area contributed by atoms with Crippen LogP contribution in [-0.4, -0.2) is 48.5 Å². The molecule has 1 N–H and O–H groups in total. The van der Waals surface area contributed by atoms with Gasteiger partial charge in [-0.2, -0.15) is 5.10 Å². The summed E-state index contributed by atoms with van der Waals surface area (Å²) in [5.41, 5.74) is 0.635. The number of benzene rings is 1. The molecule has 3 rings (SSSR count). The number of likely N-dealkylation sites (tertiary alicyclic amines) is 1. The van der Waals surface area contributed by atoms with Crippen LogP contribution in [0.2, 0.25) is 0 Å². The molecule has 1 aliphatic heterocycles. The lowest BCUT2D eigenvalue weighted by Crippen LogP contribution is -2.39. The average Bonchev–Trinajstić information content (AvgIpc) is 3.07. The van der Waals surface area contributed by atoms with Gasteiger partial charge in [0.05, 0.1) is 10.8 Å². The topological polar surface area (TPSA) is 79.0 Å². The fourth-order valence-electron chi connectivity index (χ4n) is 3.10. The predicted molar refractivity (Wildman–Crippen MR) is 97.0 cm³/mol. The Balaban J connectivity index is 1.71. The van der Waals surface area contributed by atoms with Gasteiger partial charge in [-0.25, -0.2) is 4.98 Å². The van der Waals surface area contributed by atoms with E-state index in [0.717, 1.165) is 35.9 Å². The molecule has 1 aromatic carbocycles. The van der Waals surface area contributed by atoms with Crippen molar-refractivity contribution in [2.24, 2.45) is 0 Å². The van der Waals surface area contributed by atoms with Gasteiger partial charge in [-0.15, -0.1) is 0 Å². The van der Waals surface area contributed by atoms with Crippen molar-refractivity contribution >= 4 is 16.7 Å². The zero-order valence-corrected chi connectivity index (χ0v) is 15.7. The Morgan fingerprint density at radius 2 is 2.04 bits per heavy atom. The van der Waals surface area contributed by atoms with Gasteiger partial charge in [-0.05, 0) is 44.0 Å². The number of hydrogen-bond donors (Lipinski definition) is 1. The molecule has 2 aromatic rings. The summed E-state index contributed by atoms with van der Waals surface area (Å²) in [6.07, 6.45) is 1.94. The first-order chi connectivity index (χ1) is 12.0. The number of piperidine rings is 1. The van der Waals surface area contributed by atoms with Crippen LogP contribution in [0.5, 0.6) is 0 Å². The molecule has 6 nitrogen and oxygen atoms in total. The maximum Gasteiger partial charge on any atom is 0.253 e. The molecule has 1 aromatic heterocycles. The molecule has 0 aliphatic carbocycles. The normalized spacial score (nSPS) is 19.2. The van der Waals surface area contributed by atoms with E-state index in [1.807, 2.05) is 25.7 Å². The molecule has 7 heteroatoms. The minimum absolute atomic E-state index is 0.0128. The molecule has 0 unspecified atom stereocenters. The first kappa shape index (κ1) is 17.8. The summed E-state index contributed by atoms with van der Waals surface area (Å²) in [5.74, 6) is 1.78. The highest BCUT2D eigenvalue weighted by Crippen LogP contribution is 2.25. The third kappa shape index (κ3) is 3.98. The minimum atomic E-state index is -1.03. The fraction of sp³-hybridized carbons (Fsp3) is 0.500. The number of nitrogens with one attached hydrogen (secondary N) is 1. The zero-order valence-electron chi connectivity index (χ0n) is 14.9. The van der Waals surface area contributed by atoms with Crippen molar-refractivity contribution in [2.45, 2.75) is 49.7 Å². The number of aromatic amines is 1. The highest BCUT2D eigenvalue weighted by molar-refractivity contribution is 7.85. The third-order valence-electron chi connectivity index (χ3n) is 4.45. The summed E-state index contributed by atoms with van der Waals surface area (Å²) in [4.78, 5) is 19.8. The van der Waals surface area contributed by atoms with Crippen molar-refractivity contribution in [1.82, 2.24) is 20.1 Å². The Labute approximate surface area is 150 Å². The summed E-state index contributed by atoms with van der Waals surface area (Å²) in [6.45, 7) is 7.11. The van der Waals surface area contributed by atoms with Crippen molar-refractivity contribution in [2.75, 3.05) is 13.1 Å². The second-order valence-electron chi connectivity index (χ2n) is 6.74. The molecule has 134 valence electrons. The minimum Gasteiger partial charge on any atom is -0.338 e. The molecule has 0 bridgehead atoms. The van der Waals surface area contributed by atoms with Gasteiger partial charge < -0.3 is 4.90 Å². The highest BCUT2D eigenvalue weighted by atomic mass is 32.2. The van der Waals surface area contributed by atoms with Crippen LogP contribution in [-0.2, 0) is 10.8 Å². The average molecular weight is 360 g/mol. The molecule has 25 heavy (non-hydrogen) atoms. The lowest BCUT2D eigenvalue weighted by molar-refractivity contribution is 0.0704. The number of aromatic nitrogens is 3. The van der Waals surface area contributed by atoms with E-state index >= 15 is 0 Å². The number of H-pyrrole nitrogens is 1. The number of rotatable bonds is 4. The molecule has 1 saturated heterocycles. The Morgan fingerprint density at radius 1 is 1.32 bits per heavy atom. The van der Waals surface area contributed by atoms with Crippen LogP contribution in [0.25, 0.3) is 0 Å². The standard InChI is InChI=1S/C18H24N4O2S/c1-12(2)25(24)16-8-6-14(7-9-16)18(23)22-10-4-5-15(11-22)17-19-13(3)20-21-17/h6-9,12,15H,4-5,10-11H2,1-3H3,(H,19,20,21)/t15-,25+/m0/s1. The number of carbonyl (C=O) groups is 1. The fourth-order valence-corrected chi connectivity index (χ4v) is 4.05. The van der Waals surface area contributed by atoms with Gasteiger partial charge in [0.2, 0.25) is 0 Å². The van der Waals surface area contributed by atoms with Crippen LogP contribution in [0.1, 0.15) is 54.6 Å². The van der Waals surface area contributed by atoms with E-state index in [0.29, 0.717) is 12.1 Å². The molecular formula is C18H24N4O2S. The summed E-state index contributed by atoms with van der Waals surface area (Å²) in [6, 6.07) is 7.14. The molecule has 0 spiro atoms. The SMILES string of the molecule is Cc1nc([C@H]2CCCN(C(=O)c3ccc([S@](=O)C(C)C)cc3)C2)n[nH]1. The van der Waals surface area contributed by atoms with Crippen molar-refractivity contribution < 1.29 is 9.00 Å². The molecule has 0 radical (unpaired) electrons. The lowest BCUT2D eigenvalue weighted by Gasteiger charge is -2.31. The zero-order chi connectivity index (χ0) is 18.0. The molecule has 1 aliphatic rings. The van der Waals surface area contributed by atoms with E-state index < -0.39 is 10.8 Å². The van der Waals surface area contributed by atoms with Crippen LogP contribution < -0.4 is 0 Å². The van der Waals surface area contributed by atoms with Crippen LogP contribution in [0.4, 0.5) is 0 Å². The number of carbonyl (C=O) groups excluding carboxylic acids is 1. The second-order valence-corrected chi connectivity index (χ2v) is 8.75. The second kappa shape index (κ2) is 7.47. The number of amides is 1. The summed E-state index contributed by atoms with van der Waals surface area (Å²) >= 11 is 0. The molecule has 1 amide bonds. The van der Waals surface area contributed by atoms with Crippen LogP contribution >= 0.6 is 0 Å². The first-order valence-corrected chi connectivity index (χ1v) is 9.86. The highest BCUT2D eigenvalue weighted by Gasteiger charge is 2.27. The number of nitrogens with zero attached hydrogens (tertiary/aromatic N) is 3. The van der Waals surface area contributed by atoms with Gasteiger partial charge >= 0.3 is 0 Å². The molecule has 0 saturated carbocycles. The van der Waals surface area contributed by atoms with Gasteiger partial charge in [0.15, 0.2) is 5.82 Å². The summed E-state index contributed by atoms with van der Waals surface area (Å²) in [7, 11) is -1.03. The van der Waals surface area contributed by atoms with Gasteiger partial charge in [0, 0.05) is 34.7 Å². The Kier molecular flexibility index (Phi) is 5.32. The number of aryl methyl sites for hydroxylation is 1. The van der Waals surface area contributed by atoms with Crippen molar-refractivity contribution in [1.29, 1.82) is 0 Å². The van der Waals surface area contributed by atoms with Crippen LogP contribution in [0.15, 0.2) is 29.2 Å². The van der Waals surface area contributed by atoms with Crippen LogP contribution in [0.3, 0.4) is 0 Å². The van der Waals surface area contributed by atoms with E-state index in [1.165, 1.54) is 0 Å². The molecular weight excluding hydrogens is 336 g/mol. The number of hydrogen-bond acceptors (Lipinski definition) is 4. The first-order valence-electron chi connectivity index (χ1n) is 8.64.